The van der Waals surface area contributed by atoms with Crippen LogP contribution < -0.4 is 10.1 Å². The molecule has 17 heavy (non-hydrogen) atoms. The van der Waals surface area contributed by atoms with E-state index in [1.54, 1.807) is 7.11 Å². The molecule has 1 aromatic rings. The summed E-state index contributed by atoms with van der Waals surface area (Å²) in [5.41, 5.74) is 1.06. The minimum absolute atomic E-state index is 0.123. The van der Waals surface area contributed by atoms with Gasteiger partial charge in [0.15, 0.2) is 0 Å². The largest absolute Gasteiger partial charge is 0.495 e. The molecule has 0 saturated heterocycles. The fraction of sp³-hybridized carbons (Fsp3) is 0.500. The van der Waals surface area contributed by atoms with Gasteiger partial charge in [-0.2, -0.15) is 0 Å². The van der Waals surface area contributed by atoms with Crippen molar-refractivity contribution >= 4 is 31.9 Å². The number of aliphatic hydroxyl groups excluding tert-OH is 1. The molecule has 0 unspecified atom stereocenters. The lowest BCUT2D eigenvalue weighted by molar-refractivity contribution is 0.238. The van der Waals surface area contributed by atoms with Crippen LogP contribution in [0.5, 0.6) is 5.75 Å². The molecule has 5 heteroatoms. The quantitative estimate of drug-likeness (QED) is 0.812. The summed E-state index contributed by atoms with van der Waals surface area (Å²) in [4.78, 5) is 0. The molecular weight excluding hydrogens is 350 g/mol. The highest BCUT2D eigenvalue weighted by Gasteiger charge is 2.11. The SMILES string of the molecule is CC[C@@H](CO)NCc1cc(Br)cc(Br)c1OC. The van der Waals surface area contributed by atoms with Crippen LogP contribution in [0.15, 0.2) is 21.1 Å². The summed E-state index contributed by atoms with van der Waals surface area (Å²) >= 11 is 6.92. The fourth-order valence-corrected chi connectivity index (χ4v) is 3.04. The maximum Gasteiger partial charge on any atom is 0.137 e. The van der Waals surface area contributed by atoms with Crippen LogP contribution in [0.25, 0.3) is 0 Å². The highest BCUT2D eigenvalue weighted by atomic mass is 79.9. The average Bonchev–Trinajstić information content (AvgIpc) is 2.29. The molecule has 0 radical (unpaired) electrons. The van der Waals surface area contributed by atoms with Gasteiger partial charge in [0.2, 0.25) is 0 Å². The van der Waals surface area contributed by atoms with Crippen molar-refractivity contribution in [2.24, 2.45) is 0 Å². The van der Waals surface area contributed by atoms with Gasteiger partial charge in [-0.25, -0.2) is 0 Å². The third kappa shape index (κ3) is 4.25. The minimum Gasteiger partial charge on any atom is -0.495 e. The molecule has 0 amide bonds. The molecule has 1 atom stereocenters. The monoisotopic (exact) mass is 365 g/mol. The summed E-state index contributed by atoms with van der Waals surface area (Å²) in [6.45, 7) is 2.86. The second kappa shape index (κ2) is 7.36. The summed E-state index contributed by atoms with van der Waals surface area (Å²) in [6, 6.07) is 4.09. The van der Waals surface area contributed by atoms with Crippen molar-refractivity contribution < 1.29 is 9.84 Å². The van der Waals surface area contributed by atoms with E-state index in [4.69, 9.17) is 9.84 Å². The Morgan fingerprint density at radius 3 is 2.65 bits per heavy atom. The Morgan fingerprint density at radius 2 is 2.12 bits per heavy atom. The number of hydrogen-bond acceptors (Lipinski definition) is 3. The summed E-state index contributed by atoms with van der Waals surface area (Å²) in [6.07, 6.45) is 0.897. The number of ether oxygens (including phenoxy) is 1. The molecule has 0 bridgehead atoms. The maximum absolute atomic E-state index is 9.13. The van der Waals surface area contributed by atoms with Crippen molar-refractivity contribution in [3.63, 3.8) is 0 Å². The van der Waals surface area contributed by atoms with Crippen LogP contribution in [0.2, 0.25) is 0 Å². The molecule has 0 saturated carbocycles. The van der Waals surface area contributed by atoms with Crippen molar-refractivity contribution in [1.82, 2.24) is 5.32 Å². The zero-order chi connectivity index (χ0) is 12.8. The third-order valence-corrected chi connectivity index (χ3v) is 3.63. The van der Waals surface area contributed by atoms with E-state index in [1.807, 2.05) is 19.1 Å². The van der Waals surface area contributed by atoms with E-state index < -0.39 is 0 Å². The molecule has 3 nitrogen and oxygen atoms in total. The summed E-state index contributed by atoms with van der Waals surface area (Å²) in [5.74, 6) is 0.827. The van der Waals surface area contributed by atoms with Gasteiger partial charge in [0.25, 0.3) is 0 Å². The molecule has 0 fully saturated rings. The molecular formula is C12H17Br2NO2. The lowest BCUT2D eigenvalue weighted by Crippen LogP contribution is -2.31. The second-order valence-corrected chi connectivity index (χ2v) is 5.52. The molecule has 0 spiro atoms. The number of nitrogens with one attached hydrogen (secondary N) is 1. The topological polar surface area (TPSA) is 41.5 Å². The molecule has 96 valence electrons. The first-order valence-corrected chi connectivity index (χ1v) is 7.07. The van der Waals surface area contributed by atoms with Gasteiger partial charge in [0, 0.05) is 22.6 Å². The standard InChI is InChI=1S/C12H17Br2NO2/c1-3-10(7-16)15-6-8-4-9(13)5-11(14)12(8)17-2/h4-5,10,15-16H,3,6-7H2,1-2H3/t10-/m0/s1. The molecule has 1 aromatic carbocycles. The molecule has 0 aliphatic carbocycles. The summed E-state index contributed by atoms with van der Waals surface area (Å²) in [5, 5.41) is 12.4. The molecule has 2 N–H and O–H groups in total. The van der Waals surface area contributed by atoms with E-state index in [1.165, 1.54) is 0 Å². The Hall–Kier alpha value is -0.100. The first kappa shape index (κ1) is 15.0. The molecule has 1 rings (SSSR count). The average molecular weight is 367 g/mol. The van der Waals surface area contributed by atoms with Crippen LogP contribution in [0.4, 0.5) is 0 Å². The van der Waals surface area contributed by atoms with E-state index >= 15 is 0 Å². The van der Waals surface area contributed by atoms with Gasteiger partial charge in [-0.1, -0.05) is 22.9 Å². The number of aliphatic hydroxyl groups is 1. The van der Waals surface area contributed by atoms with Gasteiger partial charge < -0.3 is 15.2 Å². The Morgan fingerprint density at radius 1 is 1.41 bits per heavy atom. The lowest BCUT2D eigenvalue weighted by Gasteiger charge is -2.16. The third-order valence-electron chi connectivity index (χ3n) is 2.58. The zero-order valence-corrected chi connectivity index (χ0v) is 13.1. The molecule has 0 aliphatic heterocycles. The Balaban J connectivity index is 2.82. The van der Waals surface area contributed by atoms with Gasteiger partial charge in [0.1, 0.15) is 5.75 Å². The van der Waals surface area contributed by atoms with Crippen molar-refractivity contribution in [2.75, 3.05) is 13.7 Å². The van der Waals surface area contributed by atoms with Crippen LogP contribution in [-0.4, -0.2) is 24.9 Å². The van der Waals surface area contributed by atoms with Crippen LogP contribution in [0, 0.1) is 0 Å². The number of methoxy groups -OCH3 is 1. The van der Waals surface area contributed by atoms with E-state index in [-0.39, 0.29) is 12.6 Å². The van der Waals surface area contributed by atoms with Gasteiger partial charge >= 0.3 is 0 Å². The normalized spacial score (nSPS) is 12.5. The molecule has 0 heterocycles. The number of hydrogen-bond donors (Lipinski definition) is 2. The predicted molar refractivity (Wildman–Crippen MR) is 76.4 cm³/mol. The van der Waals surface area contributed by atoms with Crippen molar-refractivity contribution in [2.45, 2.75) is 25.9 Å². The first-order chi connectivity index (χ1) is 8.12. The number of rotatable bonds is 6. The van der Waals surface area contributed by atoms with Crippen molar-refractivity contribution in [1.29, 1.82) is 0 Å². The smallest absolute Gasteiger partial charge is 0.137 e. The maximum atomic E-state index is 9.13. The highest BCUT2D eigenvalue weighted by molar-refractivity contribution is 9.11. The lowest BCUT2D eigenvalue weighted by atomic mass is 10.1. The second-order valence-electron chi connectivity index (χ2n) is 3.75. The van der Waals surface area contributed by atoms with Gasteiger partial charge in [-0.15, -0.1) is 0 Å². The van der Waals surface area contributed by atoms with E-state index in [9.17, 15) is 0 Å². The fourth-order valence-electron chi connectivity index (χ4n) is 1.57. The van der Waals surface area contributed by atoms with E-state index in [0.29, 0.717) is 6.54 Å². The molecule has 0 aliphatic rings. The number of halogens is 2. The van der Waals surface area contributed by atoms with Gasteiger partial charge in [-0.3, -0.25) is 0 Å². The van der Waals surface area contributed by atoms with Crippen molar-refractivity contribution in [3.05, 3.63) is 26.6 Å². The molecule has 0 aromatic heterocycles. The zero-order valence-electron chi connectivity index (χ0n) is 9.96. The van der Waals surface area contributed by atoms with Gasteiger partial charge in [-0.05, 0) is 34.5 Å². The van der Waals surface area contributed by atoms with Crippen LogP contribution in [-0.2, 0) is 6.54 Å². The first-order valence-electron chi connectivity index (χ1n) is 5.48. The van der Waals surface area contributed by atoms with E-state index in [2.05, 4.69) is 37.2 Å². The summed E-state index contributed by atoms with van der Waals surface area (Å²) < 4.78 is 7.28. The van der Waals surface area contributed by atoms with E-state index in [0.717, 1.165) is 26.7 Å². The van der Waals surface area contributed by atoms with Crippen LogP contribution in [0.1, 0.15) is 18.9 Å². The van der Waals surface area contributed by atoms with Crippen molar-refractivity contribution in [3.8, 4) is 5.75 Å². The number of benzene rings is 1. The Kier molecular flexibility index (Phi) is 6.48. The Bertz CT molecular complexity index is 368. The minimum atomic E-state index is 0.123. The summed E-state index contributed by atoms with van der Waals surface area (Å²) in [7, 11) is 1.65. The van der Waals surface area contributed by atoms with Crippen LogP contribution in [0.3, 0.4) is 0 Å². The van der Waals surface area contributed by atoms with Gasteiger partial charge in [0.05, 0.1) is 18.2 Å². The predicted octanol–water partition coefficient (Wildman–Crippen LogP) is 3.08. The van der Waals surface area contributed by atoms with Crippen LogP contribution >= 0.6 is 31.9 Å². The highest BCUT2D eigenvalue weighted by Crippen LogP contribution is 2.32. The Labute approximate surface area is 119 Å².